The van der Waals surface area contributed by atoms with Crippen LogP contribution >= 0.6 is 0 Å². The van der Waals surface area contributed by atoms with E-state index in [1.807, 2.05) is 6.08 Å². The smallest absolute Gasteiger partial charge is 0.309 e. The number of carbonyl (C=O) groups is 1. The summed E-state index contributed by atoms with van der Waals surface area (Å²) in [6.45, 7) is 6.76. The van der Waals surface area contributed by atoms with E-state index >= 15 is 0 Å². The minimum Gasteiger partial charge on any atom is -0.469 e. The maximum Gasteiger partial charge on any atom is 0.309 e. The first kappa shape index (κ1) is 12.2. The molecule has 1 aliphatic heterocycles. The number of nitrogens with zero attached hydrogens (tertiary/aromatic N) is 1. The number of rotatable bonds is 5. The normalized spacial score (nSPS) is 22.3. The lowest BCUT2D eigenvalue weighted by Gasteiger charge is -2.31. The molecular formula is C12H21NO2. The van der Waals surface area contributed by atoms with Crippen molar-refractivity contribution in [2.45, 2.75) is 25.7 Å². The Hall–Kier alpha value is -0.830. The Morgan fingerprint density at radius 3 is 3.13 bits per heavy atom. The zero-order valence-electron chi connectivity index (χ0n) is 9.58. The Morgan fingerprint density at radius 2 is 2.47 bits per heavy atom. The fraction of sp³-hybridized carbons (Fsp3) is 0.750. The van der Waals surface area contributed by atoms with Crippen LogP contribution < -0.4 is 0 Å². The zero-order chi connectivity index (χ0) is 11.1. The van der Waals surface area contributed by atoms with Crippen molar-refractivity contribution in [1.29, 1.82) is 0 Å². The van der Waals surface area contributed by atoms with E-state index < -0.39 is 0 Å². The van der Waals surface area contributed by atoms with Gasteiger partial charge in [0.2, 0.25) is 0 Å². The van der Waals surface area contributed by atoms with Crippen molar-refractivity contribution in [3.8, 4) is 0 Å². The van der Waals surface area contributed by atoms with Crippen LogP contribution in [0.25, 0.3) is 0 Å². The lowest BCUT2D eigenvalue weighted by Crippen LogP contribution is -2.39. The van der Waals surface area contributed by atoms with Crippen molar-refractivity contribution in [1.82, 2.24) is 4.90 Å². The quantitative estimate of drug-likeness (QED) is 0.395. The lowest BCUT2D eigenvalue weighted by molar-refractivity contribution is -0.147. The topological polar surface area (TPSA) is 29.5 Å². The van der Waals surface area contributed by atoms with Crippen LogP contribution in [0.2, 0.25) is 0 Å². The fourth-order valence-corrected chi connectivity index (χ4v) is 2.08. The van der Waals surface area contributed by atoms with Gasteiger partial charge in [-0.05, 0) is 38.8 Å². The van der Waals surface area contributed by atoms with Crippen molar-refractivity contribution in [2.24, 2.45) is 5.92 Å². The third-order valence-electron chi connectivity index (χ3n) is 2.92. The molecule has 1 heterocycles. The molecule has 15 heavy (non-hydrogen) atoms. The van der Waals surface area contributed by atoms with Gasteiger partial charge < -0.3 is 9.64 Å². The molecule has 0 aromatic rings. The number of esters is 1. The summed E-state index contributed by atoms with van der Waals surface area (Å²) in [5.41, 5.74) is 0. The number of methoxy groups -OCH3 is 1. The standard InChI is InChI=1S/C12H21NO2/c1-3-4-5-8-13-9-6-7-11(10-13)12(14)15-2/h3,11H,1,4-10H2,2H3. The van der Waals surface area contributed by atoms with Gasteiger partial charge >= 0.3 is 5.97 Å². The van der Waals surface area contributed by atoms with Crippen molar-refractivity contribution < 1.29 is 9.53 Å². The van der Waals surface area contributed by atoms with Crippen LogP contribution in [0.5, 0.6) is 0 Å². The molecule has 1 atom stereocenters. The highest BCUT2D eigenvalue weighted by Crippen LogP contribution is 2.17. The van der Waals surface area contributed by atoms with Gasteiger partial charge in [0.25, 0.3) is 0 Å². The summed E-state index contributed by atoms with van der Waals surface area (Å²) < 4.78 is 4.78. The number of likely N-dealkylation sites (tertiary alicyclic amines) is 1. The molecule has 0 bridgehead atoms. The van der Waals surface area contributed by atoms with E-state index in [1.54, 1.807) is 0 Å². The summed E-state index contributed by atoms with van der Waals surface area (Å²) in [5, 5.41) is 0. The summed E-state index contributed by atoms with van der Waals surface area (Å²) in [7, 11) is 1.47. The second kappa shape index (κ2) is 6.62. The van der Waals surface area contributed by atoms with E-state index in [0.717, 1.165) is 45.3 Å². The number of piperidine rings is 1. The van der Waals surface area contributed by atoms with Gasteiger partial charge in [0.05, 0.1) is 13.0 Å². The molecule has 1 fully saturated rings. The molecule has 0 aliphatic carbocycles. The van der Waals surface area contributed by atoms with E-state index in [9.17, 15) is 4.79 Å². The predicted octanol–water partition coefficient (Wildman–Crippen LogP) is 1.84. The average Bonchev–Trinajstić information content (AvgIpc) is 2.29. The van der Waals surface area contributed by atoms with Crippen molar-refractivity contribution in [3.05, 3.63) is 12.7 Å². The summed E-state index contributed by atoms with van der Waals surface area (Å²) in [6, 6.07) is 0. The van der Waals surface area contributed by atoms with E-state index in [0.29, 0.717) is 0 Å². The molecule has 0 spiro atoms. The molecule has 0 N–H and O–H groups in total. The monoisotopic (exact) mass is 211 g/mol. The van der Waals surface area contributed by atoms with Gasteiger partial charge in [-0.1, -0.05) is 6.08 Å². The first-order valence-electron chi connectivity index (χ1n) is 5.69. The first-order chi connectivity index (χ1) is 7.27. The molecule has 1 saturated heterocycles. The van der Waals surface area contributed by atoms with Gasteiger partial charge in [0, 0.05) is 6.54 Å². The second-order valence-corrected chi connectivity index (χ2v) is 4.09. The van der Waals surface area contributed by atoms with Crippen LogP contribution in [0, 0.1) is 5.92 Å². The molecule has 1 rings (SSSR count). The number of unbranched alkanes of at least 4 members (excludes halogenated alkanes) is 1. The highest BCUT2D eigenvalue weighted by Gasteiger charge is 2.25. The van der Waals surface area contributed by atoms with E-state index in [2.05, 4.69) is 11.5 Å². The molecule has 0 saturated carbocycles. The van der Waals surface area contributed by atoms with Crippen LogP contribution in [-0.4, -0.2) is 37.6 Å². The van der Waals surface area contributed by atoms with Crippen molar-refractivity contribution in [2.75, 3.05) is 26.7 Å². The summed E-state index contributed by atoms with van der Waals surface area (Å²) in [5.74, 6) is 0.0379. The Labute approximate surface area is 92.1 Å². The number of hydrogen-bond donors (Lipinski definition) is 0. The molecule has 86 valence electrons. The van der Waals surface area contributed by atoms with Crippen LogP contribution in [0.15, 0.2) is 12.7 Å². The van der Waals surface area contributed by atoms with Crippen molar-refractivity contribution >= 4 is 5.97 Å². The molecule has 3 nitrogen and oxygen atoms in total. The van der Waals surface area contributed by atoms with E-state index in [-0.39, 0.29) is 11.9 Å². The van der Waals surface area contributed by atoms with E-state index in [1.165, 1.54) is 7.11 Å². The third kappa shape index (κ3) is 4.04. The molecule has 0 aromatic heterocycles. The highest BCUT2D eigenvalue weighted by molar-refractivity contribution is 5.72. The van der Waals surface area contributed by atoms with Crippen LogP contribution in [-0.2, 0) is 9.53 Å². The van der Waals surface area contributed by atoms with Gasteiger partial charge in [-0.3, -0.25) is 4.79 Å². The van der Waals surface area contributed by atoms with Crippen molar-refractivity contribution in [3.63, 3.8) is 0 Å². The molecule has 0 radical (unpaired) electrons. The maximum absolute atomic E-state index is 11.4. The summed E-state index contributed by atoms with van der Waals surface area (Å²) in [4.78, 5) is 13.7. The second-order valence-electron chi connectivity index (χ2n) is 4.09. The van der Waals surface area contributed by atoms with Gasteiger partial charge in [0.15, 0.2) is 0 Å². The van der Waals surface area contributed by atoms with Crippen LogP contribution in [0.4, 0.5) is 0 Å². The van der Waals surface area contributed by atoms with Gasteiger partial charge in [-0.15, -0.1) is 6.58 Å². The largest absolute Gasteiger partial charge is 0.469 e. The van der Waals surface area contributed by atoms with Gasteiger partial charge in [0.1, 0.15) is 0 Å². The van der Waals surface area contributed by atoms with Crippen LogP contribution in [0.3, 0.4) is 0 Å². The molecular weight excluding hydrogens is 190 g/mol. The lowest BCUT2D eigenvalue weighted by atomic mass is 9.98. The molecule has 1 unspecified atom stereocenters. The molecule has 0 aromatic carbocycles. The molecule has 3 heteroatoms. The minimum atomic E-state index is -0.0524. The minimum absolute atomic E-state index is 0.0524. The highest BCUT2D eigenvalue weighted by atomic mass is 16.5. The first-order valence-corrected chi connectivity index (χ1v) is 5.69. The maximum atomic E-state index is 11.4. The van der Waals surface area contributed by atoms with E-state index in [4.69, 9.17) is 4.74 Å². The Kier molecular flexibility index (Phi) is 5.40. The number of carbonyl (C=O) groups excluding carboxylic acids is 1. The zero-order valence-corrected chi connectivity index (χ0v) is 9.58. The third-order valence-corrected chi connectivity index (χ3v) is 2.92. The van der Waals surface area contributed by atoms with Crippen LogP contribution in [0.1, 0.15) is 25.7 Å². The SMILES string of the molecule is C=CCCCN1CCCC(C(=O)OC)C1. The Balaban J connectivity index is 2.28. The summed E-state index contributed by atoms with van der Waals surface area (Å²) >= 11 is 0. The molecule has 0 amide bonds. The number of ether oxygens (including phenoxy) is 1. The summed E-state index contributed by atoms with van der Waals surface area (Å²) in [6.07, 6.45) is 6.22. The average molecular weight is 211 g/mol. The number of allylic oxidation sites excluding steroid dienone is 1. The predicted molar refractivity (Wildman–Crippen MR) is 60.6 cm³/mol. The Morgan fingerprint density at radius 1 is 1.67 bits per heavy atom. The number of hydrogen-bond acceptors (Lipinski definition) is 3. The Bertz CT molecular complexity index is 216. The van der Waals surface area contributed by atoms with Gasteiger partial charge in [-0.2, -0.15) is 0 Å². The fourth-order valence-electron chi connectivity index (χ4n) is 2.08. The molecule has 1 aliphatic rings. The van der Waals surface area contributed by atoms with Gasteiger partial charge in [-0.25, -0.2) is 0 Å².